The van der Waals surface area contributed by atoms with Gasteiger partial charge in [0.15, 0.2) is 0 Å². The van der Waals surface area contributed by atoms with Gasteiger partial charge in [0.1, 0.15) is 11.5 Å². The number of carbonyl (C=O) groups excluding carboxylic acids is 2. The minimum absolute atomic E-state index is 0.0395. The molecule has 2 amide bonds. The Morgan fingerprint density at radius 2 is 1.82 bits per heavy atom. The summed E-state index contributed by atoms with van der Waals surface area (Å²) < 4.78 is 13.4. The SMILES string of the molecule is Cc1ccc(NC(=O)C(=Cc2cccc([N+](=O)[O-])c2)NC(=O)c2ccc(F)cc2Cl)c(C)c1. The van der Waals surface area contributed by atoms with Gasteiger partial charge in [-0.15, -0.1) is 0 Å². The second kappa shape index (κ2) is 10.1. The van der Waals surface area contributed by atoms with Gasteiger partial charge in [0.05, 0.1) is 15.5 Å². The van der Waals surface area contributed by atoms with E-state index in [9.17, 15) is 24.1 Å². The van der Waals surface area contributed by atoms with Gasteiger partial charge < -0.3 is 10.6 Å². The lowest BCUT2D eigenvalue weighted by molar-refractivity contribution is -0.384. The Labute approximate surface area is 194 Å². The maximum absolute atomic E-state index is 13.4. The van der Waals surface area contributed by atoms with E-state index in [1.807, 2.05) is 26.0 Å². The zero-order valence-corrected chi connectivity index (χ0v) is 18.4. The molecule has 33 heavy (non-hydrogen) atoms. The molecule has 0 saturated heterocycles. The van der Waals surface area contributed by atoms with Gasteiger partial charge in [-0.3, -0.25) is 19.7 Å². The molecule has 3 aromatic rings. The minimum Gasteiger partial charge on any atom is -0.320 e. The van der Waals surface area contributed by atoms with Crippen molar-refractivity contribution < 1.29 is 18.9 Å². The number of rotatable bonds is 6. The van der Waals surface area contributed by atoms with Crippen molar-refractivity contribution in [2.24, 2.45) is 0 Å². The molecule has 0 atom stereocenters. The number of aryl methyl sites for hydroxylation is 2. The lowest BCUT2D eigenvalue weighted by Gasteiger charge is -2.13. The largest absolute Gasteiger partial charge is 0.320 e. The van der Waals surface area contributed by atoms with Crippen LogP contribution in [0, 0.1) is 29.8 Å². The van der Waals surface area contributed by atoms with Crippen molar-refractivity contribution in [3.8, 4) is 0 Å². The van der Waals surface area contributed by atoms with Crippen molar-refractivity contribution in [1.82, 2.24) is 5.32 Å². The predicted octanol–water partition coefficient (Wildman–Crippen LogP) is 5.41. The molecule has 0 radical (unpaired) electrons. The molecule has 0 aliphatic carbocycles. The summed E-state index contributed by atoms with van der Waals surface area (Å²) in [5, 5.41) is 16.2. The molecule has 0 aliphatic rings. The van der Waals surface area contributed by atoms with E-state index in [4.69, 9.17) is 11.6 Å². The summed E-state index contributed by atoms with van der Waals surface area (Å²) in [6.07, 6.45) is 1.31. The van der Waals surface area contributed by atoms with Crippen molar-refractivity contribution in [2.45, 2.75) is 13.8 Å². The number of hydrogen-bond acceptors (Lipinski definition) is 4. The Hall–Kier alpha value is -4.04. The number of nitro groups is 1. The first-order valence-corrected chi connectivity index (χ1v) is 10.1. The van der Waals surface area contributed by atoms with E-state index in [0.717, 1.165) is 23.3 Å². The second-order valence-corrected chi connectivity index (χ2v) is 7.67. The van der Waals surface area contributed by atoms with E-state index in [2.05, 4.69) is 10.6 Å². The van der Waals surface area contributed by atoms with Crippen LogP contribution in [0.5, 0.6) is 0 Å². The van der Waals surface area contributed by atoms with Crippen molar-refractivity contribution >= 4 is 40.9 Å². The summed E-state index contributed by atoms with van der Waals surface area (Å²) in [4.78, 5) is 36.4. The third kappa shape index (κ3) is 6.02. The quantitative estimate of drug-likeness (QED) is 0.287. The Balaban J connectivity index is 1.98. The molecular weight excluding hydrogens is 449 g/mol. The van der Waals surface area contributed by atoms with Crippen molar-refractivity contribution in [2.75, 3.05) is 5.32 Å². The van der Waals surface area contributed by atoms with Gasteiger partial charge in [0.25, 0.3) is 17.5 Å². The second-order valence-electron chi connectivity index (χ2n) is 7.26. The molecule has 0 saturated carbocycles. The standard InChI is InChI=1S/C24H19ClFN3O4/c1-14-6-9-21(15(2)10-14)27-24(31)22(12-16-4-3-5-18(11-16)29(32)33)28-23(30)19-8-7-17(26)13-20(19)25/h3-13H,1-2H3,(H,27,31)(H,28,30). The fraction of sp³-hybridized carbons (Fsp3) is 0.0833. The molecule has 0 aliphatic heterocycles. The lowest BCUT2D eigenvalue weighted by atomic mass is 10.1. The van der Waals surface area contributed by atoms with Gasteiger partial charge in [-0.25, -0.2) is 4.39 Å². The maximum atomic E-state index is 13.4. The van der Waals surface area contributed by atoms with Crippen LogP contribution in [0.1, 0.15) is 27.0 Å². The highest BCUT2D eigenvalue weighted by Gasteiger charge is 2.18. The highest BCUT2D eigenvalue weighted by atomic mass is 35.5. The molecule has 0 aromatic heterocycles. The van der Waals surface area contributed by atoms with E-state index in [1.54, 1.807) is 12.1 Å². The first-order chi connectivity index (χ1) is 15.6. The van der Waals surface area contributed by atoms with Crippen molar-refractivity contribution in [3.05, 3.63) is 110 Å². The molecule has 7 nitrogen and oxygen atoms in total. The zero-order chi connectivity index (χ0) is 24.1. The molecule has 9 heteroatoms. The average Bonchev–Trinajstić information content (AvgIpc) is 2.75. The number of nitrogens with zero attached hydrogens (tertiary/aromatic N) is 1. The molecule has 3 aromatic carbocycles. The Morgan fingerprint density at radius 3 is 2.48 bits per heavy atom. The number of nitrogens with one attached hydrogen (secondary N) is 2. The van der Waals surface area contributed by atoms with E-state index in [-0.39, 0.29) is 22.0 Å². The Bertz CT molecular complexity index is 1290. The third-order valence-corrected chi connectivity index (χ3v) is 5.00. The first kappa shape index (κ1) is 23.6. The molecule has 0 fully saturated rings. The predicted molar refractivity (Wildman–Crippen MR) is 124 cm³/mol. The van der Waals surface area contributed by atoms with Crippen LogP contribution in [-0.4, -0.2) is 16.7 Å². The number of anilines is 1. The van der Waals surface area contributed by atoms with E-state index in [0.29, 0.717) is 11.3 Å². The number of carbonyl (C=O) groups is 2. The Morgan fingerprint density at radius 1 is 1.06 bits per heavy atom. The first-order valence-electron chi connectivity index (χ1n) is 9.75. The monoisotopic (exact) mass is 467 g/mol. The summed E-state index contributed by atoms with van der Waals surface area (Å²) in [6, 6.07) is 14.3. The molecule has 3 rings (SSSR count). The molecule has 0 bridgehead atoms. The highest BCUT2D eigenvalue weighted by Crippen LogP contribution is 2.21. The molecule has 168 valence electrons. The lowest BCUT2D eigenvalue weighted by Crippen LogP contribution is -2.31. The fourth-order valence-corrected chi connectivity index (χ4v) is 3.31. The molecule has 0 spiro atoms. The number of non-ortho nitro benzene ring substituents is 1. The Kier molecular flexibility index (Phi) is 7.20. The van der Waals surface area contributed by atoms with E-state index >= 15 is 0 Å². The summed E-state index contributed by atoms with van der Waals surface area (Å²) in [5.41, 5.74) is 2.28. The van der Waals surface area contributed by atoms with Gasteiger partial charge >= 0.3 is 0 Å². The third-order valence-electron chi connectivity index (χ3n) is 4.69. The molecule has 0 heterocycles. The van der Waals surface area contributed by atoms with Crippen LogP contribution in [0.3, 0.4) is 0 Å². The molecule has 2 N–H and O–H groups in total. The van der Waals surface area contributed by atoms with Gasteiger partial charge in [0.2, 0.25) is 0 Å². The van der Waals surface area contributed by atoms with Crippen LogP contribution >= 0.6 is 11.6 Å². The number of halogens is 2. The molecule has 0 unspecified atom stereocenters. The minimum atomic E-state index is -0.743. The maximum Gasteiger partial charge on any atom is 0.272 e. The number of benzene rings is 3. The zero-order valence-electron chi connectivity index (χ0n) is 17.7. The average molecular weight is 468 g/mol. The number of amides is 2. The fourth-order valence-electron chi connectivity index (χ4n) is 3.06. The van der Waals surface area contributed by atoms with E-state index < -0.39 is 22.6 Å². The normalized spacial score (nSPS) is 11.1. The summed E-state index contributed by atoms with van der Waals surface area (Å²) in [5.74, 6) is -2.01. The number of hydrogen-bond donors (Lipinski definition) is 2. The van der Waals surface area contributed by atoms with Gasteiger partial charge in [-0.2, -0.15) is 0 Å². The summed E-state index contributed by atoms with van der Waals surface area (Å²) >= 11 is 5.97. The van der Waals surface area contributed by atoms with Crippen molar-refractivity contribution in [1.29, 1.82) is 0 Å². The topological polar surface area (TPSA) is 101 Å². The van der Waals surface area contributed by atoms with Crippen LogP contribution in [0.25, 0.3) is 6.08 Å². The van der Waals surface area contributed by atoms with Crippen LogP contribution < -0.4 is 10.6 Å². The van der Waals surface area contributed by atoms with Gasteiger partial charge in [-0.1, -0.05) is 41.4 Å². The summed E-state index contributed by atoms with van der Waals surface area (Å²) in [6.45, 7) is 3.74. The summed E-state index contributed by atoms with van der Waals surface area (Å²) in [7, 11) is 0. The molecular formula is C24H19ClFN3O4. The van der Waals surface area contributed by atoms with Crippen LogP contribution in [-0.2, 0) is 4.79 Å². The van der Waals surface area contributed by atoms with Gasteiger partial charge in [-0.05, 0) is 55.3 Å². The smallest absolute Gasteiger partial charge is 0.272 e. The van der Waals surface area contributed by atoms with Crippen LogP contribution in [0.2, 0.25) is 5.02 Å². The van der Waals surface area contributed by atoms with Crippen LogP contribution in [0.4, 0.5) is 15.8 Å². The van der Waals surface area contributed by atoms with Crippen LogP contribution in [0.15, 0.2) is 66.4 Å². The van der Waals surface area contributed by atoms with Crippen molar-refractivity contribution in [3.63, 3.8) is 0 Å². The highest BCUT2D eigenvalue weighted by molar-refractivity contribution is 6.34. The van der Waals surface area contributed by atoms with E-state index in [1.165, 1.54) is 30.3 Å². The van der Waals surface area contributed by atoms with Gasteiger partial charge in [0, 0.05) is 17.8 Å². The number of nitro benzene ring substituents is 1.